The third kappa shape index (κ3) is 4.27. The van der Waals surface area contributed by atoms with Crippen molar-refractivity contribution in [2.75, 3.05) is 0 Å². The van der Waals surface area contributed by atoms with Crippen molar-refractivity contribution >= 4 is 27.5 Å². The third-order valence-corrected chi connectivity index (χ3v) is 4.27. The summed E-state index contributed by atoms with van der Waals surface area (Å²) in [5, 5.41) is 12.2. The molecule has 0 aliphatic carbocycles. The molecule has 0 spiro atoms. The number of hydrogen-bond acceptors (Lipinski definition) is 3. The number of sulfonamides is 1. The molecule has 0 radical (unpaired) electrons. The summed E-state index contributed by atoms with van der Waals surface area (Å²) in [5.74, 6) is -0.737. The van der Waals surface area contributed by atoms with Gasteiger partial charge in [-0.25, -0.2) is 4.57 Å². The Kier molecular flexibility index (Phi) is 4.59. The molecular formula is C14H13ClN2O3S. The Labute approximate surface area is 128 Å². The van der Waals surface area contributed by atoms with E-state index in [0.29, 0.717) is 5.02 Å². The first-order chi connectivity index (χ1) is 9.87. The van der Waals surface area contributed by atoms with Gasteiger partial charge in [-0.3, -0.25) is 0 Å². The molecule has 0 fully saturated rings. The lowest BCUT2D eigenvalue weighted by molar-refractivity contribution is -0.687. The minimum Gasteiger partial charge on any atom is -0.857 e. The molecule has 7 heteroatoms. The molecule has 1 aromatic carbocycles. The standard InChI is InChI=1S/C14H13ClN2O3S/c1-11-6-8-17(9-7-11)10-14(18)16-21(19,20)13-4-2-12(15)3-5-13/h2-9H,10H2,1H3. The van der Waals surface area contributed by atoms with Crippen LogP contribution in [0.1, 0.15) is 5.56 Å². The van der Waals surface area contributed by atoms with Gasteiger partial charge in [-0.2, -0.15) is 12.8 Å². The Balaban J connectivity index is 2.20. The molecule has 1 aromatic heterocycles. The van der Waals surface area contributed by atoms with Crippen molar-refractivity contribution in [3.63, 3.8) is 0 Å². The van der Waals surface area contributed by atoms with Gasteiger partial charge in [0.2, 0.25) is 0 Å². The lowest BCUT2D eigenvalue weighted by Gasteiger charge is -2.07. The van der Waals surface area contributed by atoms with Crippen LogP contribution >= 0.6 is 11.6 Å². The van der Waals surface area contributed by atoms with Crippen LogP contribution in [-0.2, 0) is 16.6 Å². The number of pyridine rings is 1. The Morgan fingerprint density at radius 2 is 1.76 bits per heavy atom. The highest BCUT2D eigenvalue weighted by Crippen LogP contribution is 2.15. The van der Waals surface area contributed by atoms with Crippen LogP contribution in [0, 0.1) is 6.92 Å². The molecular weight excluding hydrogens is 312 g/mol. The predicted octanol–water partition coefficient (Wildman–Crippen LogP) is 1.08. The average molecular weight is 325 g/mol. The second kappa shape index (κ2) is 6.24. The van der Waals surface area contributed by atoms with E-state index >= 15 is 0 Å². The first-order valence-electron chi connectivity index (χ1n) is 6.09. The second-order valence-corrected chi connectivity index (χ2v) is 6.50. The van der Waals surface area contributed by atoms with Crippen molar-refractivity contribution in [2.24, 2.45) is 4.40 Å². The Morgan fingerprint density at radius 3 is 2.33 bits per heavy atom. The number of hydrogen-bond donors (Lipinski definition) is 0. The average Bonchev–Trinajstić information content (AvgIpc) is 2.41. The first-order valence-corrected chi connectivity index (χ1v) is 7.91. The van der Waals surface area contributed by atoms with Gasteiger partial charge in [0.25, 0.3) is 10.0 Å². The molecule has 0 N–H and O–H groups in total. The largest absolute Gasteiger partial charge is 0.857 e. The maximum absolute atomic E-state index is 12.0. The quantitative estimate of drug-likeness (QED) is 0.480. The fourth-order valence-electron chi connectivity index (χ4n) is 1.62. The first kappa shape index (κ1) is 15.5. The maximum atomic E-state index is 12.0. The highest BCUT2D eigenvalue weighted by atomic mass is 35.5. The van der Waals surface area contributed by atoms with Crippen molar-refractivity contribution in [1.29, 1.82) is 0 Å². The summed E-state index contributed by atoms with van der Waals surface area (Å²) in [4.78, 5) is -0.0610. The molecule has 0 atom stereocenters. The Bertz CT molecular complexity index is 754. The number of aromatic nitrogens is 1. The van der Waals surface area contributed by atoms with Gasteiger partial charge in [-0.05, 0) is 36.8 Å². The molecule has 21 heavy (non-hydrogen) atoms. The fourth-order valence-corrected chi connectivity index (χ4v) is 2.65. The summed E-state index contributed by atoms with van der Waals surface area (Å²) in [6.45, 7) is 1.79. The lowest BCUT2D eigenvalue weighted by atomic mass is 10.3. The van der Waals surface area contributed by atoms with Crippen LogP contribution in [0.2, 0.25) is 5.02 Å². The molecule has 0 amide bonds. The van der Waals surface area contributed by atoms with Crippen LogP contribution in [-0.4, -0.2) is 14.3 Å². The molecule has 0 aliphatic rings. The molecule has 110 valence electrons. The van der Waals surface area contributed by atoms with E-state index in [2.05, 4.69) is 4.40 Å². The van der Waals surface area contributed by atoms with Gasteiger partial charge in [0, 0.05) is 23.1 Å². The van der Waals surface area contributed by atoms with Gasteiger partial charge in [0.15, 0.2) is 18.9 Å². The Morgan fingerprint density at radius 1 is 1.19 bits per heavy atom. The predicted molar refractivity (Wildman–Crippen MR) is 77.4 cm³/mol. The van der Waals surface area contributed by atoms with Crippen molar-refractivity contribution < 1.29 is 18.1 Å². The zero-order valence-electron chi connectivity index (χ0n) is 11.2. The second-order valence-electron chi connectivity index (χ2n) is 4.46. The van der Waals surface area contributed by atoms with Crippen LogP contribution in [0.3, 0.4) is 0 Å². The number of aryl methyl sites for hydroxylation is 1. The molecule has 0 aliphatic heterocycles. The number of rotatable bonds is 4. The summed E-state index contributed by atoms with van der Waals surface area (Å²) < 4.78 is 28.8. The maximum Gasteiger partial charge on any atom is 0.281 e. The van der Waals surface area contributed by atoms with E-state index in [-0.39, 0.29) is 11.4 Å². The van der Waals surface area contributed by atoms with Crippen molar-refractivity contribution in [3.05, 3.63) is 59.4 Å². The van der Waals surface area contributed by atoms with Gasteiger partial charge >= 0.3 is 0 Å². The molecule has 2 aromatic rings. The van der Waals surface area contributed by atoms with E-state index in [9.17, 15) is 13.5 Å². The zero-order chi connectivity index (χ0) is 15.5. The van der Waals surface area contributed by atoms with Crippen molar-refractivity contribution in [1.82, 2.24) is 0 Å². The summed E-state index contributed by atoms with van der Waals surface area (Å²) in [7, 11) is -4.00. The molecule has 1 heterocycles. The smallest absolute Gasteiger partial charge is 0.281 e. The zero-order valence-corrected chi connectivity index (χ0v) is 12.8. The van der Waals surface area contributed by atoms with Gasteiger partial charge in [-0.15, -0.1) is 0 Å². The minimum atomic E-state index is -4.00. The van der Waals surface area contributed by atoms with Crippen molar-refractivity contribution in [2.45, 2.75) is 18.4 Å². The summed E-state index contributed by atoms with van der Waals surface area (Å²) >= 11 is 5.69. The molecule has 5 nitrogen and oxygen atoms in total. The van der Waals surface area contributed by atoms with E-state index in [4.69, 9.17) is 11.6 Å². The van der Waals surface area contributed by atoms with Gasteiger partial charge in [0.05, 0.1) is 4.90 Å². The monoisotopic (exact) mass is 324 g/mol. The molecule has 0 saturated heterocycles. The molecule has 0 bridgehead atoms. The van der Waals surface area contributed by atoms with Crippen LogP contribution in [0.25, 0.3) is 0 Å². The van der Waals surface area contributed by atoms with Crippen LogP contribution in [0.4, 0.5) is 0 Å². The van der Waals surface area contributed by atoms with Crippen LogP contribution < -0.4 is 9.67 Å². The molecule has 0 unspecified atom stereocenters. The van der Waals surface area contributed by atoms with Crippen LogP contribution in [0.15, 0.2) is 58.1 Å². The van der Waals surface area contributed by atoms with E-state index in [1.54, 1.807) is 17.0 Å². The van der Waals surface area contributed by atoms with E-state index in [0.717, 1.165) is 5.56 Å². The molecule has 0 saturated carbocycles. The number of halogens is 1. The van der Waals surface area contributed by atoms with Crippen LogP contribution in [0.5, 0.6) is 0 Å². The number of benzene rings is 1. The van der Waals surface area contributed by atoms with Crippen molar-refractivity contribution in [3.8, 4) is 0 Å². The van der Waals surface area contributed by atoms with Gasteiger partial charge in [-0.1, -0.05) is 11.6 Å². The molecule has 2 rings (SSSR count). The normalized spacial score (nSPS) is 12.4. The van der Waals surface area contributed by atoms with E-state index in [1.165, 1.54) is 24.3 Å². The fraction of sp³-hybridized carbons (Fsp3) is 0.143. The topological polar surface area (TPSA) is 73.4 Å². The van der Waals surface area contributed by atoms with E-state index in [1.807, 2.05) is 19.1 Å². The SMILES string of the molecule is Cc1cc[n+](CC([O-])=NS(=O)(=O)c2ccc(Cl)cc2)cc1. The summed E-state index contributed by atoms with van der Waals surface area (Å²) in [6.07, 6.45) is 3.38. The minimum absolute atomic E-state index is 0.0610. The summed E-state index contributed by atoms with van der Waals surface area (Å²) in [6, 6.07) is 9.13. The highest BCUT2D eigenvalue weighted by molar-refractivity contribution is 7.90. The van der Waals surface area contributed by atoms with Gasteiger partial charge < -0.3 is 5.11 Å². The highest BCUT2D eigenvalue weighted by Gasteiger charge is 2.12. The number of nitrogens with zero attached hydrogens (tertiary/aromatic N) is 2. The third-order valence-electron chi connectivity index (χ3n) is 2.71. The summed E-state index contributed by atoms with van der Waals surface area (Å²) in [5.41, 5.74) is 1.05. The Hall–Kier alpha value is -1.92. The van der Waals surface area contributed by atoms with E-state index < -0.39 is 15.9 Å². The van der Waals surface area contributed by atoms with Gasteiger partial charge in [0.1, 0.15) is 0 Å². The lowest BCUT2D eigenvalue weighted by Crippen LogP contribution is -2.42.